The van der Waals surface area contributed by atoms with E-state index < -0.39 is 22.7 Å². The van der Waals surface area contributed by atoms with E-state index in [1.807, 2.05) is 0 Å². The van der Waals surface area contributed by atoms with Gasteiger partial charge in [-0.1, -0.05) is 41.5 Å². The highest BCUT2D eigenvalue weighted by molar-refractivity contribution is 6.74. The molecule has 0 aromatic carbocycles. The Labute approximate surface area is 167 Å². The Bertz CT molecular complexity index is 525. The van der Waals surface area contributed by atoms with Crippen LogP contribution in [0.25, 0.3) is 0 Å². The van der Waals surface area contributed by atoms with Crippen molar-refractivity contribution in [1.29, 1.82) is 0 Å². The Kier molecular flexibility index (Phi) is 7.42. The van der Waals surface area contributed by atoms with Gasteiger partial charge >= 0.3 is 6.09 Å². The van der Waals surface area contributed by atoms with Crippen LogP contribution in [0.15, 0.2) is 0 Å². The number of rotatable bonds is 6. The van der Waals surface area contributed by atoms with Gasteiger partial charge in [0.05, 0.1) is 18.2 Å². The van der Waals surface area contributed by atoms with Crippen molar-refractivity contribution in [3.63, 3.8) is 0 Å². The molecule has 0 radical (unpaired) electrons. The first-order chi connectivity index (χ1) is 11.9. The lowest BCUT2D eigenvalue weighted by atomic mass is 10.1. The molecule has 1 rings (SSSR count). The van der Waals surface area contributed by atoms with Crippen LogP contribution in [0.1, 0.15) is 48.0 Å². The van der Waals surface area contributed by atoms with Crippen molar-refractivity contribution < 1.29 is 23.9 Å². The lowest BCUT2D eigenvalue weighted by Gasteiger charge is -2.45. The molecule has 0 heterocycles. The zero-order valence-electron chi connectivity index (χ0n) is 18.8. The summed E-state index contributed by atoms with van der Waals surface area (Å²) in [4.78, 5) is 11.4. The summed E-state index contributed by atoms with van der Waals surface area (Å²) in [5.41, 5.74) is 0. The normalized spacial score (nSPS) is 27.7. The highest BCUT2D eigenvalue weighted by Crippen LogP contribution is 2.44. The van der Waals surface area contributed by atoms with E-state index in [2.05, 4.69) is 73.0 Å². The van der Waals surface area contributed by atoms with Crippen LogP contribution >= 0.6 is 0 Å². The lowest BCUT2D eigenvalue weighted by Crippen LogP contribution is -2.55. The van der Waals surface area contributed by atoms with E-state index in [0.29, 0.717) is 6.42 Å². The minimum atomic E-state index is -2.15. The molecular formula is C19H41NO5Si2. The summed E-state index contributed by atoms with van der Waals surface area (Å²) in [5.74, 6) is -0.134. The molecule has 4 atom stereocenters. The van der Waals surface area contributed by atoms with Gasteiger partial charge in [-0.2, -0.15) is 0 Å². The Balaban J connectivity index is 3.25. The van der Waals surface area contributed by atoms with E-state index in [9.17, 15) is 15.0 Å². The first-order valence-corrected chi connectivity index (χ1v) is 15.7. The van der Waals surface area contributed by atoms with Gasteiger partial charge in [0.25, 0.3) is 0 Å². The van der Waals surface area contributed by atoms with E-state index in [1.165, 1.54) is 0 Å². The minimum absolute atomic E-state index is 0.000398. The van der Waals surface area contributed by atoms with Gasteiger partial charge in [-0.3, -0.25) is 0 Å². The number of aliphatic hydroxyl groups is 1. The SMILES string of the molecule is CC(C)(C)[Si](C)(C)O[C@@H]1[C@@H](CO)C[C@@H](NC(=O)O)[C@@H]1O[Si](C)(C)C(C)(C)C. The number of aliphatic hydroxyl groups excluding tert-OH is 1. The third-order valence-electron chi connectivity index (χ3n) is 6.76. The lowest BCUT2D eigenvalue weighted by molar-refractivity contribution is 0.0146. The Morgan fingerprint density at radius 1 is 0.963 bits per heavy atom. The van der Waals surface area contributed by atoms with E-state index in [4.69, 9.17) is 8.85 Å². The van der Waals surface area contributed by atoms with Gasteiger partial charge in [0.15, 0.2) is 16.6 Å². The average Bonchev–Trinajstić information content (AvgIpc) is 2.72. The van der Waals surface area contributed by atoms with Crippen molar-refractivity contribution in [2.24, 2.45) is 5.92 Å². The molecule has 1 aliphatic rings. The van der Waals surface area contributed by atoms with Crippen LogP contribution < -0.4 is 5.32 Å². The Morgan fingerprint density at radius 3 is 1.70 bits per heavy atom. The number of hydrogen-bond donors (Lipinski definition) is 3. The van der Waals surface area contributed by atoms with Gasteiger partial charge in [-0.15, -0.1) is 0 Å². The molecule has 1 amide bonds. The molecule has 27 heavy (non-hydrogen) atoms. The molecule has 6 nitrogen and oxygen atoms in total. The summed E-state index contributed by atoms with van der Waals surface area (Å²) in [6.45, 7) is 21.7. The van der Waals surface area contributed by atoms with Crippen molar-refractivity contribution in [2.75, 3.05) is 6.61 Å². The number of hydrogen-bond acceptors (Lipinski definition) is 4. The fourth-order valence-electron chi connectivity index (χ4n) is 2.92. The monoisotopic (exact) mass is 419 g/mol. The van der Waals surface area contributed by atoms with Gasteiger partial charge in [0, 0.05) is 12.5 Å². The molecule has 0 aromatic heterocycles. The van der Waals surface area contributed by atoms with E-state index >= 15 is 0 Å². The second kappa shape index (κ2) is 8.14. The maximum absolute atomic E-state index is 11.4. The molecule has 3 N–H and O–H groups in total. The fraction of sp³-hybridized carbons (Fsp3) is 0.947. The second-order valence-electron chi connectivity index (χ2n) is 10.9. The minimum Gasteiger partial charge on any atom is -0.465 e. The molecule has 0 aliphatic heterocycles. The zero-order chi connectivity index (χ0) is 21.4. The summed E-state index contributed by atoms with van der Waals surface area (Å²) in [7, 11) is -4.26. The van der Waals surface area contributed by atoms with Crippen LogP contribution in [0, 0.1) is 5.92 Å². The van der Waals surface area contributed by atoms with Crippen LogP contribution in [0.5, 0.6) is 0 Å². The molecule has 1 saturated carbocycles. The van der Waals surface area contributed by atoms with Crippen molar-refractivity contribution in [3.05, 3.63) is 0 Å². The Hall–Kier alpha value is -0.416. The summed E-state index contributed by atoms with van der Waals surface area (Å²) in [6.07, 6.45) is -1.22. The highest BCUT2D eigenvalue weighted by atomic mass is 28.4. The van der Waals surface area contributed by atoms with Crippen molar-refractivity contribution >= 4 is 22.7 Å². The third kappa shape index (κ3) is 5.79. The molecule has 0 unspecified atom stereocenters. The van der Waals surface area contributed by atoms with Gasteiger partial charge < -0.3 is 24.4 Å². The van der Waals surface area contributed by atoms with Gasteiger partial charge in [0.2, 0.25) is 0 Å². The highest BCUT2D eigenvalue weighted by Gasteiger charge is 2.52. The quantitative estimate of drug-likeness (QED) is 0.555. The van der Waals surface area contributed by atoms with Crippen LogP contribution in [0.3, 0.4) is 0 Å². The summed E-state index contributed by atoms with van der Waals surface area (Å²) >= 11 is 0. The molecule has 8 heteroatoms. The maximum atomic E-state index is 11.4. The van der Waals surface area contributed by atoms with Crippen LogP contribution in [-0.4, -0.2) is 57.8 Å². The number of amides is 1. The first kappa shape index (κ1) is 24.6. The number of nitrogens with one attached hydrogen (secondary N) is 1. The largest absolute Gasteiger partial charge is 0.465 e. The van der Waals surface area contributed by atoms with Crippen molar-refractivity contribution in [1.82, 2.24) is 5.32 Å². The topological polar surface area (TPSA) is 88.0 Å². The van der Waals surface area contributed by atoms with E-state index in [0.717, 1.165) is 0 Å². The molecule has 0 bridgehead atoms. The van der Waals surface area contributed by atoms with Crippen molar-refractivity contribution in [3.8, 4) is 0 Å². The van der Waals surface area contributed by atoms with Gasteiger partial charge in [-0.05, 0) is 42.7 Å². The van der Waals surface area contributed by atoms with E-state index in [1.54, 1.807) is 0 Å². The molecule has 0 spiro atoms. The predicted octanol–water partition coefficient (Wildman–Crippen LogP) is 4.42. The summed E-state index contributed by atoms with van der Waals surface area (Å²) < 4.78 is 13.4. The van der Waals surface area contributed by atoms with Gasteiger partial charge in [-0.25, -0.2) is 4.79 Å². The molecule has 1 aliphatic carbocycles. The summed E-state index contributed by atoms with van der Waals surface area (Å²) in [6, 6.07) is -0.372. The second-order valence-corrected chi connectivity index (χ2v) is 20.4. The fourth-order valence-corrected chi connectivity index (χ4v) is 5.61. The predicted molar refractivity (Wildman–Crippen MR) is 114 cm³/mol. The molecule has 0 aromatic rings. The van der Waals surface area contributed by atoms with Crippen molar-refractivity contribution in [2.45, 2.75) is 102 Å². The molecular weight excluding hydrogens is 378 g/mol. The number of carbonyl (C=O) groups is 1. The average molecular weight is 420 g/mol. The number of carboxylic acid groups (broad SMARTS) is 1. The van der Waals surface area contributed by atoms with E-state index in [-0.39, 0.29) is 40.9 Å². The standard InChI is InChI=1S/C19H41NO5Si2/c1-18(2,3)26(7,8)24-15-13(12-21)11-14(20-17(22)23)16(15)25-27(9,10)19(4,5)6/h13-16,20-21H,11-12H2,1-10H3,(H,22,23)/t13-,14-,15-,16+/m1/s1. The van der Waals surface area contributed by atoms with Crippen LogP contribution in [0.4, 0.5) is 4.79 Å². The molecule has 0 saturated heterocycles. The first-order valence-electron chi connectivity index (χ1n) is 9.89. The molecule has 160 valence electrons. The van der Waals surface area contributed by atoms with Crippen LogP contribution in [-0.2, 0) is 8.85 Å². The Morgan fingerprint density at radius 2 is 1.37 bits per heavy atom. The van der Waals surface area contributed by atoms with Gasteiger partial charge in [0.1, 0.15) is 0 Å². The molecule has 1 fully saturated rings. The smallest absolute Gasteiger partial charge is 0.404 e. The summed E-state index contributed by atoms with van der Waals surface area (Å²) in [5, 5.41) is 21.9. The zero-order valence-corrected chi connectivity index (χ0v) is 20.8. The van der Waals surface area contributed by atoms with Crippen LogP contribution in [0.2, 0.25) is 36.3 Å². The third-order valence-corrected chi connectivity index (χ3v) is 15.7. The maximum Gasteiger partial charge on any atom is 0.404 e.